The summed E-state index contributed by atoms with van der Waals surface area (Å²) >= 11 is 0. The molecule has 0 unspecified atom stereocenters. The minimum Gasteiger partial charge on any atom is -0.445 e. The molecular weight excluding hydrogens is 1140 g/mol. The van der Waals surface area contributed by atoms with Crippen molar-refractivity contribution in [1.82, 2.24) is 9.80 Å². The summed E-state index contributed by atoms with van der Waals surface area (Å²) in [4.78, 5) is 45.9. The van der Waals surface area contributed by atoms with E-state index in [0.717, 1.165) is 22.3 Å². The lowest BCUT2D eigenvalue weighted by Crippen LogP contribution is -2.60. The Hall–Kier alpha value is -9.12. The molecule has 4 aliphatic rings. The second-order valence-corrected chi connectivity index (χ2v) is 19.8. The van der Waals surface area contributed by atoms with Gasteiger partial charge in [-0.15, -0.1) is 0 Å². The molecule has 34 nitrogen and oxygen atoms in total. The first-order valence-corrected chi connectivity index (χ1v) is 27.1. The minimum atomic E-state index is -1.72. The highest BCUT2D eigenvalue weighted by Gasteiger charge is 2.50. The van der Waals surface area contributed by atoms with E-state index in [-0.39, 0.29) is 45.8 Å². The van der Waals surface area contributed by atoms with E-state index in [1.54, 1.807) is 0 Å². The maximum atomic E-state index is 13.3. The van der Waals surface area contributed by atoms with Crippen molar-refractivity contribution >= 4 is 12.2 Å². The number of rotatable bonds is 23. The second kappa shape index (κ2) is 34.1. The van der Waals surface area contributed by atoms with Crippen molar-refractivity contribution in [2.24, 2.45) is 30.7 Å². The fraction of sp³-hybridized carbons (Fsp3) is 0.509. The van der Waals surface area contributed by atoms with E-state index in [9.17, 15) is 30.4 Å². The molecule has 0 bridgehead atoms. The van der Waals surface area contributed by atoms with Gasteiger partial charge in [0, 0.05) is 49.7 Å². The highest BCUT2D eigenvalue weighted by Crippen LogP contribution is 2.34. The molecule has 0 radical (unpaired) electrons. The van der Waals surface area contributed by atoms with E-state index in [1.807, 2.05) is 121 Å². The van der Waals surface area contributed by atoms with Crippen LogP contribution in [0, 0.1) is 0 Å². The summed E-state index contributed by atoms with van der Waals surface area (Å²) in [6.45, 7) is 0.801. The second-order valence-electron chi connectivity index (χ2n) is 19.8. The summed E-state index contributed by atoms with van der Waals surface area (Å²) in [6, 6.07) is 35.5. The van der Waals surface area contributed by atoms with Crippen LogP contribution < -0.4 is 0 Å². The van der Waals surface area contributed by atoms with Crippen molar-refractivity contribution in [1.29, 1.82) is 0 Å². The fourth-order valence-corrected chi connectivity index (χ4v) is 9.77. The van der Waals surface area contributed by atoms with Crippen molar-refractivity contribution in [3.05, 3.63) is 206 Å². The third-order valence-electron chi connectivity index (χ3n) is 14.0. The summed E-state index contributed by atoms with van der Waals surface area (Å²) in [5.74, 6) is 0. The zero-order chi connectivity index (χ0) is 61.9. The molecule has 4 aliphatic heterocycles. The van der Waals surface area contributed by atoms with Gasteiger partial charge in [0.25, 0.3) is 0 Å². The molecule has 4 aromatic rings. The molecule has 4 fully saturated rings. The molecule has 34 heteroatoms. The van der Waals surface area contributed by atoms with Gasteiger partial charge in [0.1, 0.15) is 49.8 Å². The van der Waals surface area contributed by atoms with Gasteiger partial charge in [0.2, 0.25) is 0 Å². The Kier molecular flexibility index (Phi) is 25.7. The Morgan fingerprint density at radius 2 is 0.805 bits per heavy atom. The van der Waals surface area contributed by atoms with Crippen molar-refractivity contribution < 1.29 is 67.5 Å². The van der Waals surface area contributed by atoms with E-state index >= 15 is 0 Å². The summed E-state index contributed by atoms with van der Waals surface area (Å²) in [5.41, 5.74) is 57.4. The number of hydrogen-bond donors (Lipinski definition) is 3. The van der Waals surface area contributed by atoms with Gasteiger partial charge in [0.05, 0.1) is 37.4 Å². The Morgan fingerprint density at radius 1 is 0.460 bits per heavy atom. The lowest BCUT2D eigenvalue weighted by molar-refractivity contribution is -0.296. The average molecular weight is 1200 g/mol. The summed E-state index contributed by atoms with van der Waals surface area (Å²) in [6.07, 6.45) is -18.2. The van der Waals surface area contributed by atoms with Crippen molar-refractivity contribution in [3.8, 4) is 0 Å². The lowest BCUT2D eigenvalue weighted by atomic mass is 10.0. The van der Waals surface area contributed by atoms with E-state index in [0.29, 0.717) is 19.3 Å². The zero-order valence-corrected chi connectivity index (χ0v) is 46.6. The fourth-order valence-electron chi connectivity index (χ4n) is 9.77. The number of ether oxygens (including phenoxy) is 9. The summed E-state index contributed by atoms with van der Waals surface area (Å²) in [5, 5.41) is 53.4. The predicted octanol–water partition coefficient (Wildman–Crippen LogP) is 9.49. The zero-order valence-electron chi connectivity index (χ0n) is 46.6. The molecule has 4 saturated heterocycles. The van der Waals surface area contributed by atoms with Crippen molar-refractivity contribution in [2.75, 3.05) is 20.2 Å². The van der Waals surface area contributed by atoms with E-state index in [1.165, 1.54) is 16.9 Å². The first-order valence-electron chi connectivity index (χ1n) is 27.1. The molecule has 8 rings (SSSR count). The van der Waals surface area contributed by atoms with E-state index < -0.39 is 111 Å². The molecule has 458 valence electrons. The van der Waals surface area contributed by atoms with Crippen LogP contribution in [0.5, 0.6) is 0 Å². The molecule has 0 aromatic heterocycles. The largest absolute Gasteiger partial charge is 0.445 e. The molecule has 0 aliphatic carbocycles. The van der Waals surface area contributed by atoms with Crippen LogP contribution in [0.4, 0.5) is 9.59 Å². The highest BCUT2D eigenvalue weighted by molar-refractivity contribution is 5.68. The number of carbonyl (C=O) groups is 2. The van der Waals surface area contributed by atoms with Crippen LogP contribution in [0.25, 0.3) is 62.7 Å². The standard InChI is InChI=1S/C27H32N10O7.C26H30N10O7/c1-40-22-21(38)23(25(33-36-30)44-24(22)32-35-29)43-26-20(31-34-28)13-12-19(42-26)15-37(14-17-8-4-2-5-9-17)27(39)41-16-18-10-6-3-7-11-18;27-33-30-19-12-11-18(41-25(19)42-22-20(37)21(38)23(31-34-28)43-24(22)32-35-29)14-36(13-16-7-3-1-4-8-16)26(39)40-15-17-9-5-2-6-10-17/h2-11,19-26,38H,12-16H2,1H3;1-10,18-25,37-38H,11-15H2/t19-,20+,21+,22+,23-,24+,25-,26+;18-,19+,20+,21+,22-,23+,24-,25+/m00/s1. The number of azide groups is 6. The molecule has 4 aromatic carbocycles. The van der Waals surface area contributed by atoms with Gasteiger partial charge in [-0.1, -0.05) is 152 Å². The number of aliphatic hydroxyl groups excluding tert-OH is 3. The number of carbonyl (C=O) groups excluding carboxylic acids is 2. The van der Waals surface area contributed by atoms with Crippen LogP contribution in [0.2, 0.25) is 0 Å². The number of methoxy groups -OCH3 is 1. The van der Waals surface area contributed by atoms with Crippen LogP contribution >= 0.6 is 0 Å². The van der Waals surface area contributed by atoms with E-state index in [2.05, 4.69) is 60.2 Å². The molecule has 2 amide bonds. The van der Waals surface area contributed by atoms with Gasteiger partial charge < -0.3 is 67.8 Å². The maximum absolute atomic E-state index is 13.3. The molecule has 3 N–H and O–H groups in total. The molecule has 16 atom stereocenters. The number of hydrogen-bond acceptors (Lipinski definition) is 20. The average Bonchev–Trinajstić information content (AvgIpc) is 1.78. The third-order valence-corrected chi connectivity index (χ3v) is 14.0. The quantitative estimate of drug-likeness (QED) is 0.0354. The smallest absolute Gasteiger partial charge is 0.410 e. The van der Waals surface area contributed by atoms with Crippen molar-refractivity contribution in [2.45, 2.75) is 150 Å². The Labute approximate surface area is 495 Å². The monoisotopic (exact) mass is 1200 g/mol. The highest BCUT2D eigenvalue weighted by atomic mass is 16.7. The van der Waals surface area contributed by atoms with Gasteiger partial charge in [0.15, 0.2) is 37.5 Å². The molecule has 87 heavy (non-hydrogen) atoms. The lowest BCUT2D eigenvalue weighted by Gasteiger charge is -2.44. The SMILES string of the molecule is CO[C@@H]1[C@@H](O)[C@H](O[C@H]2O[C@H](CN(Cc3ccccc3)C(=O)OCc3ccccc3)CC[C@H]2N=[N+]=[N-])[C@@H](N=[N+]=[N-])O[C@H]1N=[N+]=[N-].[N-]=[N+]=N[C@@H]1O[C@H](N=[N+]=[N-])[C@@H](O[C@H]2O[C@H](CN(Cc3ccccc3)C(=O)OCc3ccccc3)CC[C@H]2N=[N+]=[N-])[C@H](O)[C@H]1O. The summed E-state index contributed by atoms with van der Waals surface area (Å²) < 4.78 is 51.6. The predicted molar refractivity (Wildman–Crippen MR) is 301 cm³/mol. The van der Waals surface area contributed by atoms with Gasteiger partial charge in [-0.3, -0.25) is 0 Å². The van der Waals surface area contributed by atoms with Gasteiger partial charge in [-0.25, -0.2) is 9.59 Å². The third kappa shape index (κ3) is 18.9. The van der Waals surface area contributed by atoms with Crippen LogP contribution in [0.1, 0.15) is 47.9 Å². The summed E-state index contributed by atoms with van der Waals surface area (Å²) in [7, 11) is 1.27. The van der Waals surface area contributed by atoms with E-state index in [4.69, 9.17) is 70.3 Å². The van der Waals surface area contributed by atoms with Crippen molar-refractivity contribution in [3.63, 3.8) is 0 Å². The maximum Gasteiger partial charge on any atom is 0.410 e. The topological polar surface area (TPSA) is 477 Å². The molecular formula is C53H62N20O14. The van der Waals surface area contributed by atoms with Gasteiger partial charge >= 0.3 is 12.2 Å². The Morgan fingerprint density at radius 3 is 1.18 bits per heavy atom. The Bertz CT molecular complexity index is 3140. The van der Waals surface area contributed by atoms with Gasteiger partial charge in [-0.05, 0) is 81.1 Å². The van der Waals surface area contributed by atoms with Gasteiger partial charge in [-0.2, -0.15) is 0 Å². The minimum absolute atomic E-state index is 0.0702. The first kappa shape index (κ1) is 65.4. The Balaban J connectivity index is 0.000000249. The van der Waals surface area contributed by atoms with Crippen LogP contribution in [-0.2, 0) is 68.9 Å². The number of benzene rings is 4. The molecule has 4 heterocycles. The van der Waals surface area contributed by atoms with Crippen LogP contribution in [-0.4, -0.2) is 156 Å². The normalized spacial score (nSPS) is 28.1. The van der Waals surface area contributed by atoms with Crippen LogP contribution in [0.15, 0.2) is 152 Å². The first-order chi connectivity index (χ1) is 42.4. The number of nitrogens with zero attached hydrogens (tertiary/aromatic N) is 20. The molecule has 0 saturated carbocycles. The number of aliphatic hydroxyl groups is 3. The molecule has 0 spiro atoms. The number of amides is 2. The van der Waals surface area contributed by atoms with Crippen LogP contribution in [0.3, 0.4) is 0 Å².